The Bertz CT molecular complexity index is 1160. The molecule has 0 radical (unpaired) electrons. The first-order valence-corrected chi connectivity index (χ1v) is 11.2. The zero-order valence-corrected chi connectivity index (χ0v) is 18.9. The van der Waals surface area contributed by atoms with Gasteiger partial charge in [-0.2, -0.15) is 5.10 Å². The fraction of sp³-hybridized carbons (Fsp3) is 0.120. The zero-order valence-electron chi connectivity index (χ0n) is 17.3. The van der Waals surface area contributed by atoms with E-state index in [1.54, 1.807) is 11.3 Å². The molecule has 0 aliphatic heterocycles. The van der Waals surface area contributed by atoms with E-state index in [1.165, 1.54) is 0 Å². The van der Waals surface area contributed by atoms with Crippen molar-refractivity contribution in [1.29, 1.82) is 0 Å². The lowest BCUT2D eigenvalue weighted by Crippen LogP contribution is -2.12. The van der Waals surface area contributed by atoms with Crippen molar-refractivity contribution >= 4 is 39.5 Å². The van der Waals surface area contributed by atoms with Crippen molar-refractivity contribution in [2.75, 3.05) is 11.6 Å². The van der Waals surface area contributed by atoms with E-state index in [0.717, 1.165) is 39.1 Å². The van der Waals surface area contributed by atoms with Gasteiger partial charge in [-0.1, -0.05) is 41.9 Å². The molecule has 0 bridgehead atoms. The molecule has 1 heterocycles. The number of para-hydroxylation sites is 1. The summed E-state index contributed by atoms with van der Waals surface area (Å²) < 4.78 is 5.54. The van der Waals surface area contributed by atoms with Crippen LogP contribution in [0.15, 0.2) is 89.3 Å². The third-order valence-electron chi connectivity index (χ3n) is 4.65. The summed E-state index contributed by atoms with van der Waals surface area (Å²) in [4.78, 5) is 4.87. The molecule has 0 atom stereocenters. The second kappa shape index (κ2) is 9.77. The number of hydrogen-bond acceptors (Lipinski definition) is 5. The van der Waals surface area contributed by atoms with E-state index in [0.29, 0.717) is 11.6 Å². The minimum absolute atomic E-state index is 0.650. The molecule has 0 amide bonds. The van der Waals surface area contributed by atoms with Crippen LogP contribution in [0.5, 0.6) is 5.75 Å². The summed E-state index contributed by atoms with van der Waals surface area (Å²) >= 11 is 7.59. The van der Waals surface area contributed by atoms with E-state index in [9.17, 15) is 0 Å². The Labute approximate surface area is 191 Å². The number of ether oxygens (including phenoxy) is 1. The predicted octanol–water partition coefficient (Wildman–Crippen LogP) is 7.42. The molecule has 4 aromatic rings. The maximum Gasteiger partial charge on any atom is 0.211 e. The molecule has 31 heavy (non-hydrogen) atoms. The summed E-state index contributed by atoms with van der Waals surface area (Å²) in [6.45, 7) is 4.61. The number of anilines is 2. The van der Waals surface area contributed by atoms with Crippen LogP contribution in [0.3, 0.4) is 0 Å². The molecule has 0 saturated heterocycles. The van der Waals surface area contributed by atoms with Gasteiger partial charge in [0.2, 0.25) is 5.13 Å². The minimum atomic E-state index is 0.650. The smallest absolute Gasteiger partial charge is 0.211 e. The average molecular weight is 448 g/mol. The number of hydrogen-bond donors (Lipinski definition) is 0. The lowest BCUT2D eigenvalue weighted by molar-refractivity contribution is 0.340. The highest BCUT2D eigenvalue weighted by Crippen LogP contribution is 2.33. The van der Waals surface area contributed by atoms with Gasteiger partial charge in [-0.25, -0.2) is 9.99 Å². The van der Waals surface area contributed by atoms with Crippen LogP contribution in [0.1, 0.15) is 19.4 Å². The largest absolute Gasteiger partial charge is 0.494 e. The highest BCUT2D eigenvalue weighted by molar-refractivity contribution is 7.14. The quantitative estimate of drug-likeness (QED) is 0.218. The number of hydrazone groups is 1. The van der Waals surface area contributed by atoms with Crippen LogP contribution < -0.4 is 9.75 Å². The van der Waals surface area contributed by atoms with Gasteiger partial charge in [0.25, 0.3) is 0 Å². The van der Waals surface area contributed by atoms with Crippen molar-refractivity contribution in [2.24, 2.45) is 5.10 Å². The van der Waals surface area contributed by atoms with Crippen molar-refractivity contribution in [3.8, 4) is 17.0 Å². The summed E-state index contributed by atoms with van der Waals surface area (Å²) in [6.07, 6.45) is 0. The van der Waals surface area contributed by atoms with E-state index in [4.69, 9.17) is 26.4 Å². The van der Waals surface area contributed by atoms with Gasteiger partial charge >= 0.3 is 0 Å². The van der Waals surface area contributed by atoms with Crippen molar-refractivity contribution < 1.29 is 4.74 Å². The third-order valence-corrected chi connectivity index (χ3v) is 5.72. The molecule has 0 fully saturated rings. The predicted molar refractivity (Wildman–Crippen MR) is 131 cm³/mol. The Kier molecular flexibility index (Phi) is 6.65. The summed E-state index contributed by atoms with van der Waals surface area (Å²) in [5, 5.41) is 10.3. The van der Waals surface area contributed by atoms with E-state index in [1.807, 2.05) is 103 Å². The van der Waals surface area contributed by atoms with E-state index in [-0.39, 0.29) is 0 Å². The van der Waals surface area contributed by atoms with Gasteiger partial charge in [-0.15, -0.1) is 11.3 Å². The Morgan fingerprint density at radius 2 is 1.71 bits per heavy atom. The molecule has 4 rings (SSSR count). The summed E-state index contributed by atoms with van der Waals surface area (Å²) in [6, 6.07) is 25.7. The van der Waals surface area contributed by atoms with E-state index in [2.05, 4.69) is 0 Å². The third kappa shape index (κ3) is 5.13. The lowest BCUT2D eigenvalue weighted by atomic mass is 10.1. The first-order valence-electron chi connectivity index (χ1n) is 9.99. The van der Waals surface area contributed by atoms with Crippen molar-refractivity contribution in [1.82, 2.24) is 4.98 Å². The van der Waals surface area contributed by atoms with Crippen LogP contribution in [0.4, 0.5) is 10.8 Å². The van der Waals surface area contributed by atoms with Crippen molar-refractivity contribution in [2.45, 2.75) is 13.8 Å². The van der Waals surface area contributed by atoms with Gasteiger partial charge in [0.1, 0.15) is 5.75 Å². The fourth-order valence-corrected chi connectivity index (χ4v) is 3.99. The maximum absolute atomic E-state index is 6.04. The van der Waals surface area contributed by atoms with E-state index >= 15 is 0 Å². The fourth-order valence-electron chi connectivity index (χ4n) is 3.06. The number of aromatic nitrogens is 1. The summed E-state index contributed by atoms with van der Waals surface area (Å²) in [7, 11) is 0. The maximum atomic E-state index is 6.04. The van der Waals surface area contributed by atoms with Crippen LogP contribution in [0.25, 0.3) is 11.3 Å². The molecule has 156 valence electrons. The average Bonchev–Trinajstić information content (AvgIpc) is 3.29. The molecule has 0 aliphatic rings. The molecule has 0 saturated carbocycles. The molecule has 3 aromatic carbocycles. The van der Waals surface area contributed by atoms with Gasteiger partial charge in [-0.3, -0.25) is 0 Å². The lowest BCUT2D eigenvalue weighted by Gasteiger charge is -2.17. The van der Waals surface area contributed by atoms with Gasteiger partial charge in [0.05, 0.1) is 23.7 Å². The van der Waals surface area contributed by atoms with Crippen LogP contribution >= 0.6 is 22.9 Å². The minimum Gasteiger partial charge on any atom is -0.494 e. The molecule has 6 heteroatoms. The van der Waals surface area contributed by atoms with Crippen molar-refractivity contribution in [3.63, 3.8) is 0 Å². The number of thiazole rings is 1. The number of nitrogens with zero attached hydrogens (tertiary/aromatic N) is 3. The van der Waals surface area contributed by atoms with Crippen LogP contribution in [-0.2, 0) is 0 Å². The molecule has 1 aromatic heterocycles. The summed E-state index contributed by atoms with van der Waals surface area (Å²) in [5.74, 6) is 0.857. The Balaban J connectivity index is 1.68. The topological polar surface area (TPSA) is 37.7 Å². The molecule has 4 nitrogen and oxygen atoms in total. The Morgan fingerprint density at radius 1 is 1.00 bits per heavy atom. The first-order chi connectivity index (χ1) is 15.1. The molecule has 0 N–H and O–H groups in total. The second-order valence-electron chi connectivity index (χ2n) is 6.81. The first kappa shape index (κ1) is 21.1. The zero-order chi connectivity index (χ0) is 21.6. The molecular formula is C25H22ClN3OS. The normalized spacial score (nSPS) is 11.4. The van der Waals surface area contributed by atoms with E-state index < -0.39 is 0 Å². The Morgan fingerprint density at radius 3 is 2.39 bits per heavy atom. The number of halogens is 1. The highest BCUT2D eigenvalue weighted by atomic mass is 35.5. The van der Waals surface area contributed by atoms with Gasteiger partial charge in [-0.05, 0) is 67.9 Å². The number of benzene rings is 3. The van der Waals surface area contributed by atoms with Gasteiger partial charge in [0.15, 0.2) is 0 Å². The van der Waals surface area contributed by atoms with Crippen molar-refractivity contribution in [3.05, 3.63) is 94.8 Å². The van der Waals surface area contributed by atoms with Gasteiger partial charge in [0, 0.05) is 16.0 Å². The Hall–Kier alpha value is -3.15. The standard InChI is InChI=1S/C25H22ClN3OS/c1-3-30-23-15-11-20(12-16-23)24-17-31-25(27-24)29(22-7-5-4-6-8-22)28-18(2)19-9-13-21(26)14-10-19/h4-17H,3H2,1-2H3. The number of rotatable bonds is 7. The second-order valence-corrected chi connectivity index (χ2v) is 8.09. The van der Waals surface area contributed by atoms with Gasteiger partial charge < -0.3 is 4.74 Å². The SMILES string of the molecule is CCOc1ccc(-c2csc(N(N=C(C)c3ccc(Cl)cc3)c3ccccc3)n2)cc1. The highest BCUT2D eigenvalue weighted by Gasteiger charge is 2.15. The van der Waals surface area contributed by atoms with Crippen LogP contribution in [0.2, 0.25) is 5.02 Å². The molecule has 0 spiro atoms. The monoisotopic (exact) mass is 447 g/mol. The van der Waals surface area contributed by atoms with Crippen LogP contribution in [0, 0.1) is 0 Å². The molecule has 0 unspecified atom stereocenters. The molecule has 0 aliphatic carbocycles. The summed E-state index contributed by atoms with van der Waals surface area (Å²) in [5.41, 5.74) is 4.77. The molecular weight excluding hydrogens is 426 g/mol. The van der Waals surface area contributed by atoms with Crippen LogP contribution in [-0.4, -0.2) is 17.3 Å².